The average molecular weight is 989 g/mol. The second kappa shape index (κ2) is 33.6. The number of esters is 2. The minimum atomic E-state index is -5.60. The number of rotatable bonds is 38. The lowest BCUT2D eigenvalue weighted by Crippen LogP contribution is -2.65. The van der Waals surface area contributed by atoms with Gasteiger partial charge in [0.05, 0.1) is 6.61 Å². The fraction of sp³-hybridized carbons (Fsp3) is 0.923. The largest absolute Gasteiger partial charge is 0.472 e. The van der Waals surface area contributed by atoms with Crippen LogP contribution in [0.5, 0.6) is 0 Å². The topological polar surface area (TPSA) is 320 Å². The molecule has 0 aliphatic heterocycles. The number of unbranched alkanes of at least 4 members (excludes halogenated alkanes) is 18. The lowest BCUT2D eigenvalue weighted by molar-refractivity contribution is -0.213. The number of ether oxygens (including phenoxy) is 2. The number of phosphoric ester groups is 3. The third-order valence-electron chi connectivity index (χ3n) is 10.2. The van der Waals surface area contributed by atoms with Crippen molar-refractivity contribution < 1.29 is 95.4 Å². The summed E-state index contributed by atoms with van der Waals surface area (Å²) in [4.78, 5) is 84.6. The predicted molar refractivity (Wildman–Crippen MR) is 233 cm³/mol. The summed E-state index contributed by atoms with van der Waals surface area (Å²) in [6.07, 6.45) is 5.34. The Bertz CT molecular complexity index is 1410. The third kappa shape index (κ3) is 30.2. The van der Waals surface area contributed by atoms with Gasteiger partial charge in [-0.2, -0.15) is 0 Å². The van der Waals surface area contributed by atoms with Crippen molar-refractivity contribution in [1.82, 2.24) is 0 Å². The van der Waals surface area contributed by atoms with Crippen molar-refractivity contribution in [2.75, 3.05) is 19.0 Å². The van der Waals surface area contributed by atoms with Crippen LogP contribution < -0.4 is 0 Å². The highest BCUT2D eigenvalue weighted by molar-refractivity contribution is 8.13. The zero-order valence-corrected chi connectivity index (χ0v) is 40.4. The normalized spacial score (nSPS) is 22.1. The van der Waals surface area contributed by atoms with Gasteiger partial charge in [0, 0.05) is 25.0 Å². The molecule has 1 aliphatic rings. The Kier molecular flexibility index (Phi) is 32.1. The first kappa shape index (κ1) is 60.2. The third-order valence-corrected chi connectivity index (χ3v) is 13.2. The van der Waals surface area contributed by atoms with Crippen molar-refractivity contribution in [2.24, 2.45) is 0 Å². The summed E-state index contributed by atoms with van der Waals surface area (Å²) >= 11 is 1.37. The Hall–Kier alpha value is -0.830. The lowest BCUT2D eigenvalue weighted by atomic mass is 9.85. The molecule has 0 heterocycles. The summed E-state index contributed by atoms with van der Waals surface area (Å²) in [5, 5.41) is 32.0. The summed E-state index contributed by atoms with van der Waals surface area (Å²) < 4.78 is 65.3. The van der Waals surface area contributed by atoms with Crippen LogP contribution in [0, 0.1) is 0 Å². The molecule has 63 heavy (non-hydrogen) atoms. The Morgan fingerprint density at radius 1 is 0.508 bits per heavy atom. The molecule has 20 nitrogen and oxygen atoms in total. The van der Waals surface area contributed by atoms with E-state index in [4.69, 9.17) is 18.5 Å². The van der Waals surface area contributed by atoms with Gasteiger partial charge in [0.15, 0.2) is 11.2 Å². The van der Waals surface area contributed by atoms with E-state index in [1.54, 1.807) is 0 Å². The smallest absolute Gasteiger partial charge is 0.462 e. The fourth-order valence-electron chi connectivity index (χ4n) is 6.84. The first-order valence-electron chi connectivity index (χ1n) is 22.4. The Morgan fingerprint density at radius 2 is 0.937 bits per heavy atom. The molecule has 1 saturated carbocycles. The average Bonchev–Trinajstić information content (AvgIpc) is 3.19. The molecule has 4 unspecified atom stereocenters. The molecule has 1 fully saturated rings. The predicted octanol–water partition coefficient (Wildman–Crippen LogP) is 6.66. The van der Waals surface area contributed by atoms with E-state index in [-0.39, 0.29) is 18.0 Å². The summed E-state index contributed by atoms with van der Waals surface area (Å²) in [6.45, 7) is 2.65. The van der Waals surface area contributed by atoms with E-state index in [9.17, 15) is 67.9 Å². The maximum Gasteiger partial charge on any atom is 0.472 e. The SMILES string of the molecule is CCCCCCCCCCCCCCCC(=O)O[C@H](COC(=O)CCCCCCCCCSC(=O)CCC)COP(=O)(O)OC1C(O)[C@@H](OP(=O)(O)O)C(OP(=O)(O)O)[C@@H](O)[C@H]1O. The number of phosphoric acid groups is 3. The van der Waals surface area contributed by atoms with Gasteiger partial charge < -0.3 is 49.3 Å². The van der Waals surface area contributed by atoms with Gasteiger partial charge in [0.1, 0.15) is 43.2 Å². The molecular weight excluding hydrogens is 913 g/mol. The molecule has 0 saturated heterocycles. The van der Waals surface area contributed by atoms with Gasteiger partial charge in [0.2, 0.25) is 0 Å². The van der Waals surface area contributed by atoms with Crippen LogP contribution in [0.3, 0.4) is 0 Å². The van der Waals surface area contributed by atoms with E-state index in [0.717, 1.165) is 82.8 Å². The standard InChI is InChI=1S/C39H75O20P3S/c1-3-5-6-7-8-9-10-11-12-13-15-19-22-26-32(41)56-30(28-54-31(40)25-21-18-16-14-17-20-23-27-63-33(42)24-4-2)29-55-62(52,53)59-37-34(43)35(44)38(57-60(46,47)48)39(36(37)45)58-61(49,50)51/h30,34-39,43-45H,3-29H2,1-2H3,(H,52,53)(H2,46,47,48)(H2,49,50,51)/t30-,34-,35+,36?,37?,38?,39-/m1/s1. The van der Waals surface area contributed by atoms with E-state index in [1.807, 2.05) is 6.92 Å². The summed E-state index contributed by atoms with van der Waals surface area (Å²) in [5.74, 6) is -0.531. The van der Waals surface area contributed by atoms with E-state index in [2.05, 4.69) is 16.0 Å². The van der Waals surface area contributed by atoms with E-state index in [0.29, 0.717) is 19.3 Å². The molecule has 8 N–H and O–H groups in total. The zero-order chi connectivity index (χ0) is 47.3. The van der Waals surface area contributed by atoms with E-state index >= 15 is 0 Å². The van der Waals surface area contributed by atoms with Gasteiger partial charge in [-0.3, -0.25) is 32.5 Å². The van der Waals surface area contributed by atoms with Crippen LogP contribution in [-0.4, -0.2) is 119 Å². The molecule has 0 amide bonds. The quantitative estimate of drug-likeness (QED) is 0.0182. The first-order valence-corrected chi connectivity index (χ1v) is 27.9. The molecule has 8 atom stereocenters. The number of aliphatic hydroxyl groups excluding tert-OH is 3. The second-order valence-electron chi connectivity index (χ2n) is 15.9. The molecule has 0 aromatic heterocycles. The Balaban J connectivity index is 2.76. The molecule has 1 aliphatic carbocycles. The molecule has 24 heteroatoms. The van der Waals surface area contributed by atoms with Crippen molar-refractivity contribution in [3.05, 3.63) is 0 Å². The molecule has 0 bridgehead atoms. The number of carbonyl (C=O) groups excluding carboxylic acids is 3. The van der Waals surface area contributed by atoms with Crippen LogP contribution in [0.15, 0.2) is 0 Å². The maximum absolute atomic E-state index is 13.1. The van der Waals surface area contributed by atoms with Gasteiger partial charge in [-0.15, -0.1) is 0 Å². The molecule has 0 aromatic carbocycles. The van der Waals surface area contributed by atoms with Crippen LogP contribution in [0.1, 0.15) is 168 Å². The van der Waals surface area contributed by atoms with Gasteiger partial charge in [-0.25, -0.2) is 13.7 Å². The van der Waals surface area contributed by atoms with Gasteiger partial charge >= 0.3 is 35.4 Å². The highest BCUT2D eigenvalue weighted by Crippen LogP contribution is 2.51. The highest BCUT2D eigenvalue weighted by atomic mass is 32.2. The van der Waals surface area contributed by atoms with Crippen LogP contribution >= 0.6 is 35.2 Å². The first-order chi connectivity index (χ1) is 29.7. The zero-order valence-electron chi connectivity index (χ0n) is 36.9. The van der Waals surface area contributed by atoms with Gasteiger partial charge in [-0.05, 0) is 25.7 Å². The summed E-state index contributed by atoms with van der Waals surface area (Å²) in [6, 6.07) is 0. The number of hydrogen-bond donors (Lipinski definition) is 8. The number of aliphatic hydroxyl groups is 3. The molecule has 0 aromatic rings. The van der Waals surface area contributed by atoms with Crippen LogP contribution in [0.25, 0.3) is 0 Å². The van der Waals surface area contributed by atoms with E-state index < -0.39 is 91.3 Å². The van der Waals surface area contributed by atoms with Crippen LogP contribution in [0.4, 0.5) is 0 Å². The Labute approximate surface area is 376 Å². The van der Waals surface area contributed by atoms with Gasteiger partial charge in [-0.1, -0.05) is 135 Å². The molecule has 0 radical (unpaired) electrons. The molecular formula is C39H75O20P3S. The molecule has 1 rings (SSSR count). The van der Waals surface area contributed by atoms with Crippen molar-refractivity contribution in [1.29, 1.82) is 0 Å². The lowest BCUT2D eigenvalue weighted by Gasteiger charge is -2.44. The van der Waals surface area contributed by atoms with Crippen molar-refractivity contribution in [3.8, 4) is 0 Å². The maximum atomic E-state index is 13.1. The van der Waals surface area contributed by atoms with E-state index in [1.165, 1.54) is 56.7 Å². The van der Waals surface area contributed by atoms with Crippen LogP contribution in [0.2, 0.25) is 0 Å². The highest BCUT2D eigenvalue weighted by Gasteiger charge is 2.56. The van der Waals surface area contributed by atoms with Crippen LogP contribution in [-0.2, 0) is 55.6 Å². The van der Waals surface area contributed by atoms with Crippen molar-refractivity contribution in [3.63, 3.8) is 0 Å². The van der Waals surface area contributed by atoms with Crippen molar-refractivity contribution >= 4 is 52.3 Å². The second-order valence-corrected chi connectivity index (χ2v) is 20.9. The Morgan fingerprint density at radius 3 is 1.41 bits per heavy atom. The van der Waals surface area contributed by atoms with Crippen molar-refractivity contribution in [2.45, 2.75) is 211 Å². The number of hydrogen-bond acceptors (Lipinski definition) is 16. The summed E-state index contributed by atoms with van der Waals surface area (Å²) in [7, 11) is -16.6. The molecule has 0 spiro atoms. The fourth-order valence-corrected chi connectivity index (χ4v) is 9.86. The number of thioether (sulfide) groups is 1. The minimum Gasteiger partial charge on any atom is -0.462 e. The number of carbonyl (C=O) groups is 3. The minimum absolute atomic E-state index is 0.0114. The van der Waals surface area contributed by atoms with Gasteiger partial charge in [0.25, 0.3) is 0 Å². The molecule has 372 valence electrons. The monoisotopic (exact) mass is 988 g/mol. The summed E-state index contributed by atoms with van der Waals surface area (Å²) in [5.41, 5.74) is 0.